The summed E-state index contributed by atoms with van der Waals surface area (Å²) in [5.74, 6) is 1.24. The summed E-state index contributed by atoms with van der Waals surface area (Å²) in [7, 11) is 1.67. The molecule has 0 bridgehead atoms. The van der Waals surface area contributed by atoms with Gasteiger partial charge in [0.05, 0.1) is 13.2 Å². The molecular formula is C13H20O2. The van der Waals surface area contributed by atoms with Crippen LogP contribution < -0.4 is 4.74 Å². The molecule has 0 spiro atoms. The lowest BCUT2D eigenvalue weighted by Crippen LogP contribution is -2.13. The van der Waals surface area contributed by atoms with E-state index in [0.29, 0.717) is 5.92 Å². The normalized spacial score (nSPS) is 14.7. The molecule has 0 aromatic heterocycles. The Labute approximate surface area is 91.9 Å². The largest absolute Gasteiger partial charge is 0.497 e. The summed E-state index contributed by atoms with van der Waals surface area (Å²) >= 11 is 0. The fourth-order valence-corrected chi connectivity index (χ4v) is 1.43. The third-order valence-corrected chi connectivity index (χ3v) is 2.87. The van der Waals surface area contributed by atoms with E-state index in [1.807, 2.05) is 19.1 Å². The lowest BCUT2D eigenvalue weighted by Gasteiger charge is -2.14. The third-order valence-electron chi connectivity index (χ3n) is 2.87. The minimum Gasteiger partial charge on any atom is -0.497 e. The molecule has 0 fully saturated rings. The predicted molar refractivity (Wildman–Crippen MR) is 62.2 cm³/mol. The van der Waals surface area contributed by atoms with E-state index in [-0.39, 0.29) is 6.10 Å². The molecule has 1 rings (SSSR count). The van der Waals surface area contributed by atoms with Gasteiger partial charge in [0.1, 0.15) is 5.75 Å². The zero-order valence-electron chi connectivity index (χ0n) is 9.73. The number of aliphatic hydroxyl groups is 1. The molecule has 0 saturated carbocycles. The van der Waals surface area contributed by atoms with Crippen molar-refractivity contribution in [2.45, 2.75) is 32.8 Å². The van der Waals surface area contributed by atoms with Crippen molar-refractivity contribution < 1.29 is 9.84 Å². The smallest absolute Gasteiger partial charge is 0.118 e. The van der Waals surface area contributed by atoms with Crippen LogP contribution in [0, 0.1) is 5.92 Å². The van der Waals surface area contributed by atoms with E-state index >= 15 is 0 Å². The van der Waals surface area contributed by atoms with E-state index in [4.69, 9.17) is 4.74 Å². The van der Waals surface area contributed by atoms with Crippen molar-refractivity contribution in [3.63, 3.8) is 0 Å². The SMILES string of the molecule is COc1ccc(CCC(C)C(C)O)cc1. The number of aliphatic hydroxyl groups excluding tert-OH is 1. The fourth-order valence-electron chi connectivity index (χ4n) is 1.43. The minimum atomic E-state index is -0.219. The third kappa shape index (κ3) is 3.92. The standard InChI is InChI=1S/C13H20O2/c1-10(11(2)14)4-5-12-6-8-13(15-3)9-7-12/h6-11,14H,4-5H2,1-3H3. The first-order valence-corrected chi connectivity index (χ1v) is 5.44. The van der Waals surface area contributed by atoms with Crippen molar-refractivity contribution in [3.05, 3.63) is 29.8 Å². The van der Waals surface area contributed by atoms with E-state index in [1.165, 1.54) is 5.56 Å². The molecule has 2 unspecified atom stereocenters. The molecule has 0 aliphatic carbocycles. The van der Waals surface area contributed by atoms with Crippen molar-refractivity contribution >= 4 is 0 Å². The van der Waals surface area contributed by atoms with E-state index in [2.05, 4.69) is 19.1 Å². The number of methoxy groups -OCH3 is 1. The molecule has 0 aliphatic heterocycles. The van der Waals surface area contributed by atoms with Gasteiger partial charge in [-0.1, -0.05) is 19.1 Å². The van der Waals surface area contributed by atoms with Gasteiger partial charge in [-0.25, -0.2) is 0 Å². The second kappa shape index (κ2) is 5.76. The molecule has 2 heteroatoms. The monoisotopic (exact) mass is 208 g/mol. The van der Waals surface area contributed by atoms with Crippen LogP contribution >= 0.6 is 0 Å². The number of hydrogen-bond acceptors (Lipinski definition) is 2. The topological polar surface area (TPSA) is 29.5 Å². The first kappa shape index (κ1) is 12.1. The molecule has 0 aliphatic rings. The second-order valence-corrected chi connectivity index (χ2v) is 4.10. The molecule has 1 N–H and O–H groups in total. The van der Waals surface area contributed by atoms with Gasteiger partial charge < -0.3 is 9.84 Å². The van der Waals surface area contributed by atoms with E-state index in [0.717, 1.165) is 18.6 Å². The van der Waals surface area contributed by atoms with Crippen LogP contribution in [0.5, 0.6) is 5.75 Å². The van der Waals surface area contributed by atoms with E-state index < -0.39 is 0 Å². The lowest BCUT2D eigenvalue weighted by atomic mass is 9.97. The molecule has 15 heavy (non-hydrogen) atoms. The molecule has 0 amide bonds. The Morgan fingerprint density at radius 1 is 1.20 bits per heavy atom. The van der Waals surface area contributed by atoms with Crippen LogP contribution in [-0.4, -0.2) is 18.3 Å². The Bertz CT molecular complexity index is 277. The summed E-state index contributed by atoms with van der Waals surface area (Å²) in [4.78, 5) is 0. The highest BCUT2D eigenvalue weighted by Crippen LogP contribution is 2.16. The van der Waals surface area contributed by atoms with Crippen molar-refractivity contribution in [1.82, 2.24) is 0 Å². The molecular weight excluding hydrogens is 188 g/mol. The van der Waals surface area contributed by atoms with E-state index in [9.17, 15) is 5.11 Å². The summed E-state index contributed by atoms with van der Waals surface area (Å²) in [6, 6.07) is 8.10. The van der Waals surface area contributed by atoms with Gasteiger partial charge in [0.2, 0.25) is 0 Å². The molecule has 84 valence electrons. The van der Waals surface area contributed by atoms with Crippen LogP contribution in [0.2, 0.25) is 0 Å². The van der Waals surface area contributed by atoms with Gasteiger partial charge in [0, 0.05) is 0 Å². The van der Waals surface area contributed by atoms with E-state index in [1.54, 1.807) is 7.11 Å². The quantitative estimate of drug-likeness (QED) is 0.806. The average Bonchev–Trinajstić information content (AvgIpc) is 2.26. The summed E-state index contributed by atoms with van der Waals surface area (Å²) in [6.45, 7) is 3.92. The maximum atomic E-state index is 9.36. The molecule has 1 aromatic rings. The molecule has 2 atom stereocenters. The maximum absolute atomic E-state index is 9.36. The number of aryl methyl sites for hydroxylation is 1. The van der Waals surface area contributed by atoms with Crippen LogP contribution in [0.1, 0.15) is 25.8 Å². The maximum Gasteiger partial charge on any atom is 0.118 e. The predicted octanol–water partition coefficient (Wildman–Crippen LogP) is 2.64. The van der Waals surface area contributed by atoms with Gasteiger partial charge in [0.25, 0.3) is 0 Å². The summed E-state index contributed by atoms with van der Waals surface area (Å²) in [5.41, 5.74) is 1.29. The van der Waals surface area contributed by atoms with Gasteiger partial charge >= 0.3 is 0 Å². The van der Waals surface area contributed by atoms with Gasteiger partial charge in [-0.2, -0.15) is 0 Å². The van der Waals surface area contributed by atoms with Crippen molar-refractivity contribution in [1.29, 1.82) is 0 Å². The van der Waals surface area contributed by atoms with Gasteiger partial charge in [-0.3, -0.25) is 0 Å². The molecule has 0 radical (unpaired) electrons. The summed E-state index contributed by atoms with van der Waals surface area (Å²) in [6.07, 6.45) is 1.81. The Morgan fingerprint density at radius 2 is 1.80 bits per heavy atom. The van der Waals surface area contributed by atoms with Gasteiger partial charge in [-0.05, 0) is 43.4 Å². The fraction of sp³-hybridized carbons (Fsp3) is 0.538. The Kier molecular flexibility index (Phi) is 4.63. The molecule has 2 nitrogen and oxygen atoms in total. The first-order valence-electron chi connectivity index (χ1n) is 5.44. The Morgan fingerprint density at radius 3 is 2.27 bits per heavy atom. The number of benzene rings is 1. The molecule has 0 heterocycles. The highest BCUT2D eigenvalue weighted by molar-refractivity contribution is 5.27. The zero-order valence-corrected chi connectivity index (χ0v) is 9.73. The first-order chi connectivity index (χ1) is 7.13. The number of rotatable bonds is 5. The van der Waals surface area contributed by atoms with Crippen LogP contribution in [0.4, 0.5) is 0 Å². The lowest BCUT2D eigenvalue weighted by molar-refractivity contribution is 0.130. The number of ether oxygens (including phenoxy) is 1. The van der Waals surface area contributed by atoms with Crippen LogP contribution in [0.3, 0.4) is 0 Å². The van der Waals surface area contributed by atoms with Crippen molar-refractivity contribution in [2.75, 3.05) is 7.11 Å². The second-order valence-electron chi connectivity index (χ2n) is 4.10. The number of hydrogen-bond donors (Lipinski definition) is 1. The Balaban J connectivity index is 2.44. The summed E-state index contributed by atoms with van der Waals surface area (Å²) in [5, 5.41) is 9.36. The van der Waals surface area contributed by atoms with Crippen LogP contribution in [0.15, 0.2) is 24.3 Å². The van der Waals surface area contributed by atoms with Crippen LogP contribution in [-0.2, 0) is 6.42 Å². The van der Waals surface area contributed by atoms with Crippen LogP contribution in [0.25, 0.3) is 0 Å². The Hall–Kier alpha value is -1.02. The minimum absolute atomic E-state index is 0.219. The highest BCUT2D eigenvalue weighted by Gasteiger charge is 2.08. The van der Waals surface area contributed by atoms with Gasteiger partial charge in [0.15, 0.2) is 0 Å². The zero-order chi connectivity index (χ0) is 11.3. The average molecular weight is 208 g/mol. The molecule has 1 aromatic carbocycles. The van der Waals surface area contributed by atoms with Crippen molar-refractivity contribution in [3.8, 4) is 5.75 Å². The van der Waals surface area contributed by atoms with Gasteiger partial charge in [-0.15, -0.1) is 0 Å². The highest BCUT2D eigenvalue weighted by atomic mass is 16.5. The summed E-state index contributed by atoms with van der Waals surface area (Å²) < 4.78 is 5.09. The molecule has 0 saturated heterocycles. The van der Waals surface area contributed by atoms with Crippen molar-refractivity contribution in [2.24, 2.45) is 5.92 Å².